The molecule has 1 aliphatic carbocycles. The predicted octanol–water partition coefficient (Wildman–Crippen LogP) is 4.79. The summed E-state index contributed by atoms with van der Waals surface area (Å²) in [6.07, 6.45) is 7.82. The Bertz CT molecular complexity index is 788. The third kappa shape index (κ3) is 3.21. The minimum Gasteiger partial charge on any atom is -0.302 e. The van der Waals surface area contributed by atoms with Crippen molar-refractivity contribution in [1.29, 1.82) is 0 Å². The van der Waals surface area contributed by atoms with Crippen LogP contribution in [0.4, 0.5) is 0 Å². The van der Waals surface area contributed by atoms with E-state index < -0.39 is 0 Å². The van der Waals surface area contributed by atoms with Gasteiger partial charge in [0, 0.05) is 11.6 Å². The highest BCUT2D eigenvalue weighted by atomic mass is 16.1. The third-order valence-corrected chi connectivity index (χ3v) is 4.19. The molecule has 0 aliphatic heterocycles. The number of rotatable bonds is 1. The SMILES string of the molecule is CC1(C=O)CC=Cc2ccccc21.c1ccc2ncccc2c1. The predicted molar refractivity (Wildman–Crippen MR) is 95.3 cm³/mol. The maximum atomic E-state index is 11.0. The molecule has 23 heavy (non-hydrogen) atoms. The van der Waals surface area contributed by atoms with Crippen LogP contribution < -0.4 is 0 Å². The number of hydrogen-bond acceptors (Lipinski definition) is 2. The van der Waals surface area contributed by atoms with Crippen LogP contribution in [0.15, 0.2) is 72.9 Å². The van der Waals surface area contributed by atoms with Crippen LogP contribution >= 0.6 is 0 Å². The summed E-state index contributed by atoms with van der Waals surface area (Å²) in [7, 11) is 0. The Labute approximate surface area is 136 Å². The van der Waals surface area contributed by atoms with Crippen molar-refractivity contribution in [2.24, 2.45) is 0 Å². The summed E-state index contributed by atoms with van der Waals surface area (Å²) in [4.78, 5) is 15.2. The van der Waals surface area contributed by atoms with Crippen molar-refractivity contribution in [2.45, 2.75) is 18.8 Å². The molecule has 0 bridgehead atoms. The van der Waals surface area contributed by atoms with E-state index in [1.165, 1.54) is 10.9 Å². The van der Waals surface area contributed by atoms with E-state index in [9.17, 15) is 4.79 Å². The maximum Gasteiger partial charge on any atom is 0.130 e. The molecule has 2 nitrogen and oxygen atoms in total. The van der Waals surface area contributed by atoms with Gasteiger partial charge in [-0.3, -0.25) is 4.98 Å². The number of carbonyl (C=O) groups is 1. The molecular formula is C21H19NO. The Morgan fingerprint density at radius 2 is 1.74 bits per heavy atom. The molecule has 3 aromatic rings. The zero-order valence-corrected chi connectivity index (χ0v) is 13.1. The molecule has 4 rings (SSSR count). The summed E-state index contributed by atoms with van der Waals surface area (Å²) >= 11 is 0. The fourth-order valence-electron chi connectivity index (χ4n) is 2.83. The normalized spacial score (nSPS) is 18.7. The van der Waals surface area contributed by atoms with Crippen molar-refractivity contribution in [3.05, 3.63) is 84.1 Å². The fourth-order valence-corrected chi connectivity index (χ4v) is 2.83. The molecule has 2 heteroatoms. The average molecular weight is 301 g/mol. The Kier molecular flexibility index (Phi) is 4.33. The van der Waals surface area contributed by atoms with Gasteiger partial charge in [0.25, 0.3) is 0 Å². The molecule has 1 atom stereocenters. The number of fused-ring (bicyclic) bond motifs is 2. The van der Waals surface area contributed by atoms with Gasteiger partial charge in [-0.1, -0.05) is 60.7 Å². The third-order valence-electron chi connectivity index (χ3n) is 4.19. The Morgan fingerprint density at radius 3 is 2.57 bits per heavy atom. The molecule has 0 fully saturated rings. The molecule has 1 aromatic heterocycles. The topological polar surface area (TPSA) is 30.0 Å². The molecule has 0 saturated heterocycles. The summed E-state index contributed by atoms with van der Waals surface area (Å²) < 4.78 is 0. The van der Waals surface area contributed by atoms with Crippen LogP contribution in [0.5, 0.6) is 0 Å². The lowest BCUT2D eigenvalue weighted by molar-refractivity contribution is -0.112. The van der Waals surface area contributed by atoms with Crippen molar-refractivity contribution < 1.29 is 4.79 Å². The Balaban J connectivity index is 0.000000140. The second kappa shape index (κ2) is 6.57. The quantitative estimate of drug-likeness (QED) is 0.605. The molecular weight excluding hydrogens is 282 g/mol. The Hall–Kier alpha value is -2.74. The summed E-state index contributed by atoms with van der Waals surface area (Å²) in [5.41, 5.74) is 3.06. The summed E-state index contributed by atoms with van der Waals surface area (Å²) in [6, 6.07) is 20.2. The molecule has 0 saturated carbocycles. The molecule has 0 N–H and O–H groups in total. The second-order valence-electron chi connectivity index (χ2n) is 5.93. The van der Waals surface area contributed by atoms with Crippen LogP contribution in [0.2, 0.25) is 0 Å². The lowest BCUT2D eigenvalue weighted by Gasteiger charge is -2.27. The van der Waals surface area contributed by atoms with E-state index >= 15 is 0 Å². The average Bonchev–Trinajstić information content (AvgIpc) is 2.63. The largest absolute Gasteiger partial charge is 0.302 e. The number of pyridine rings is 1. The minimum absolute atomic E-state index is 0.314. The number of benzene rings is 2. The minimum atomic E-state index is -0.314. The monoisotopic (exact) mass is 301 g/mol. The lowest BCUT2D eigenvalue weighted by Crippen LogP contribution is -2.25. The lowest BCUT2D eigenvalue weighted by atomic mass is 9.75. The van der Waals surface area contributed by atoms with Gasteiger partial charge in [0.2, 0.25) is 0 Å². The van der Waals surface area contributed by atoms with E-state index in [1.807, 2.05) is 61.7 Å². The number of aldehydes is 1. The van der Waals surface area contributed by atoms with E-state index in [0.717, 1.165) is 23.8 Å². The van der Waals surface area contributed by atoms with Crippen molar-refractivity contribution >= 4 is 23.3 Å². The van der Waals surface area contributed by atoms with Gasteiger partial charge in [0.1, 0.15) is 6.29 Å². The summed E-state index contributed by atoms with van der Waals surface area (Å²) in [6.45, 7) is 1.99. The number of hydrogen-bond donors (Lipinski definition) is 0. The van der Waals surface area contributed by atoms with E-state index in [1.54, 1.807) is 0 Å². The number of carbonyl (C=O) groups excluding carboxylic acids is 1. The van der Waals surface area contributed by atoms with E-state index in [-0.39, 0.29) is 5.41 Å². The number of nitrogens with zero attached hydrogens (tertiary/aromatic N) is 1. The van der Waals surface area contributed by atoms with Crippen LogP contribution in [0.3, 0.4) is 0 Å². The van der Waals surface area contributed by atoms with Crippen molar-refractivity contribution in [1.82, 2.24) is 4.98 Å². The first-order valence-electron chi connectivity index (χ1n) is 7.75. The van der Waals surface area contributed by atoms with Crippen molar-refractivity contribution in [3.8, 4) is 0 Å². The first-order valence-corrected chi connectivity index (χ1v) is 7.75. The van der Waals surface area contributed by atoms with Crippen LogP contribution in [0.1, 0.15) is 24.5 Å². The standard InChI is InChI=1S/C12H12O.C9H7N/c1-12(9-13)8-4-6-10-5-2-3-7-11(10)12;1-2-6-9-8(4-1)5-3-7-10-9/h2-7,9H,8H2,1H3;1-7H. The van der Waals surface area contributed by atoms with Crippen LogP contribution in [0.25, 0.3) is 17.0 Å². The molecule has 1 heterocycles. The molecule has 2 aromatic carbocycles. The highest BCUT2D eigenvalue weighted by Crippen LogP contribution is 2.33. The van der Waals surface area contributed by atoms with Gasteiger partial charge >= 0.3 is 0 Å². The van der Waals surface area contributed by atoms with Crippen molar-refractivity contribution in [2.75, 3.05) is 0 Å². The summed E-state index contributed by atoms with van der Waals surface area (Å²) in [5.74, 6) is 0. The van der Waals surface area contributed by atoms with Crippen LogP contribution in [-0.4, -0.2) is 11.3 Å². The first kappa shape index (κ1) is 15.2. The highest BCUT2D eigenvalue weighted by molar-refractivity contribution is 5.77. The van der Waals surface area contributed by atoms with Gasteiger partial charge in [-0.15, -0.1) is 0 Å². The molecule has 1 unspecified atom stereocenters. The second-order valence-corrected chi connectivity index (χ2v) is 5.93. The summed E-state index contributed by atoms with van der Waals surface area (Å²) in [5, 5.41) is 1.20. The number of para-hydroxylation sites is 1. The van der Waals surface area contributed by atoms with E-state index in [4.69, 9.17) is 0 Å². The van der Waals surface area contributed by atoms with Gasteiger partial charge in [-0.25, -0.2) is 0 Å². The maximum absolute atomic E-state index is 11.0. The van der Waals surface area contributed by atoms with Gasteiger partial charge in [-0.2, -0.15) is 0 Å². The van der Waals surface area contributed by atoms with E-state index in [0.29, 0.717) is 0 Å². The van der Waals surface area contributed by atoms with E-state index in [2.05, 4.69) is 29.3 Å². The highest BCUT2D eigenvalue weighted by Gasteiger charge is 2.28. The molecule has 0 radical (unpaired) electrons. The van der Waals surface area contributed by atoms with Gasteiger partial charge in [0.05, 0.1) is 10.9 Å². The number of allylic oxidation sites excluding steroid dienone is 1. The molecule has 1 aliphatic rings. The van der Waals surface area contributed by atoms with Gasteiger partial charge < -0.3 is 4.79 Å². The Morgan fingerprint density at radius 1 is 1.00 bits per heavy atom. The first-order chi connectivity index (χ1) is 11.2. The smallest absolute Gasteiger partial charge is 0.130 e. The molecule has 0 spiro atoms. The zero-order chi connectivity index (χ0) is 16.1. The van der Waals surface area contributed by atoms with Gasteiger partial charge in [0.15, 0.2) is 0 Å². The van der Waals surface area contributed by atoms with Crippen molar-refractivity contribution in [3.63, 3.8) is 0 Å². The van der Waals surface area contributed by atoms with Gasteiger partial charge in [-0.05, 0) is 36.6 Å². The zero-order valence-electron chi connectivity index (χ0n) is 13.1. The van der Waals surface area contributed by atoms with Crippen LogP contribution in [-0.2, 0) is 10.2 Å². The fraction of sp³-hybridized carbons (Fsp3) is 0.143. The number of aromatic nitrogens is 1. The molecule has 114 valence electrons. The molecule has 0 amide bonds. The van der Waals surface area contributed by atoms with Crippen LogP contribution in [0, 0.1) is 0 Å².